The van der Waals surface area contributed by atoms with E-state index in [2.05, 4.69) is 36.5 Å². The normalized spacial score (nSPS) is 10.2. The summed E-state index contributed by atoms with van der Waals surface area (Å²) in [5.41, 5.74) is 3.03. The molecule has 24 heavy (non-hydrogen) atoms. The number of rotatable bonds is 4. The van der Waals surface area contributed by atoms with E-state index in [0.29, 0.717) is 11.5 Å². The average molecular weight is 383 g/mol. The Hall–Kier alpha value is -2.73. The van der Waals surface area contributed by atoms with Crippen LogP contribution in [0, 0.1) is 6.92 Å². The molecule has 0 aliphatic heterocycles. The second-order valence-electron chi connectivity index (χ2n) is 5.17. The van der Waals surface area contributed by atoms with Crippen molar-refractivity contribution in [1.82, 2.24) is 9.97 Å². The summed E-state index contributed by atoms with van der Waals surface area (Å²) in [6, 6.07) is 15.3. The molecule has 2 aromatic carbocycles. The number of hydrogen-bond acceptors (Lipinski definition) is 4. The average Bonchev–Trinajstić information content (AvgIpc) is 2.59. The fraction of sp³-hybridized carbons (Fsp3) is 0.0556. The summed E-state index contributed by atoms with van der Waals surface area (Å²) in [5.74, 6) is 0.186. The largest absolute Gasteiger partial charge is 0.323 e. The number of halogens is 1. The molecule has 0 saturated heterocycles. The quantitative estimate of drug-likeness (QED) is 0.694. The van der Waals surface area contributed by atoms with E-state index in [-0.39, 0.29) is 5.91 Å². The summed E-state index contributed by atoms with van der Waals surface area (Å²) >= 11 is 3.45. The molecule has 1 heterocycles. The molecule has 0 unspecified atom stereocenters. The Kier molecular flexibility index (Phi) is 4.86. The SMILES string of the molecule is Cc1ccccc1NC(=O)c1cnc(Nc2ccccc2Br)nc1. The van der Waals surface area contributed by atoms with E-state index in [1.807, 2.05) is 55.5 Å². The summed E-state index contributed by atoms with van der Waals surface area (Å²) in [5, 5.41) is 5.95. The van der Waals surface area contributed by atoms with Gasteiger partial charge in [-0.3, -0.25) is 4.79 Å². The third-order valence-corrected chi connectivity index (χ3v) is 4.12. The van der Waals surface area contributed by atoms with Gasteiger partial charge in [-0.05, 0) is 46.6 Å². The lowest BCUT2D eigenvalue weighted by atomic mass is 10.2. The minimum absolute atomic E-state index is 0.239. The Labute approximate surface area is 148 Å². The van der Waals surface area contributed by atoms with Crippen LogP contribution in [0.4, 0.5) is 17.3 Å². The van der Waals surface area contributed by atoms with E-state index < -0.39 is 0 Å². The van der Waals surface area contributed by atoms with Crippen LogP contribution in [0.5, 0.6) is 0 Å². The van der Waals surface area contributed by atoms with Gasteiger partial charge in [-0.1, -0.05) is 30.3 Å². The van der Waals surface area contributed by atoms with Crippen molar-refractivity contribution >= 4 is 39.2 Å². The fourth-order valence-corrected chi connectivity index (χ4v) is 2.48. The van der Waals surface area contributed by atoms with Crippen LogP contribution in [-0.2, 0) is 0 Å². The predicted molar refractivity (Wildman–Crippen MR) is 98.6 cm³/mol. The molecule has 6 heteroatoms. The number of carbonyl (C=O) groups excluding carboxylic acids is 1. The molecule has 0 spiro atoms. The number of nitrogens with zero attached hydrogens (tertiary/aromatic N) is 2. The molecule has 0 aliphatic rings. The first-order valence-electron chi connectivity index (χ1n) is 7.34. The summed E-state index contributed by atoms with van der Waals surface area (Å²) in [7, 11) is 0. The topological polar surface area (TPSA) is 66.9 Å². The van der Waals surface area contributed by atoms with Crippen molar-refractivity contribution in [3.8, 4) is 0 Å². The number of benzene rings is 2. The van der Waals surface area contributed by atoms with Crippen molar-refractivity contribution in [3.63, 3.8) is 0 Å². The first-order chi connectivity index (χ1) is 11.6. The maximum absolute atomic E-state index is 12.3. The summed E-state index contributed by atoms with van der Waals surface area (Å²) < 4.78 is 0.912. The van der Waals surface area contributed by atoms with Gasteiger partial charge in [-0.2, -0.15) is 0 Å². The van der Waals surface area contributed by atoms with E-state index in [9.17, 15) is 4.79 Å². The predicted octanol–water partition coefficient (Wildman–Crippen LogP) is 4.54. The summed E-state index contributed by atoms with van der Waals surface area (Å²) in [4.78, 5) is 20.7. The molecule has 1 amide bonds. The molecular weight excluding hydrogens is 368 g/mol. The zero-order chi connectivity index (χ0) is 16.9. The van der Waals surface area contributed by atoms with E-state index in [4.69, 9.17) is 0 Å². The highest BCUT2D eigenvalue weighted by Crippen LogP contribution is 2.23. The Bertz CT molecular complexity index is 865. The fourth-order valence-electron chi connectivity index (χ4n) is 2.10. The third kappa shape index (κ3) is 3.78. The molecule has 1 aromatic heterocycles. The van der Waals surface area contributed by atoms with Crippen LogP contribution in [0.15, 0.2) is 65.4 Å². The van der Waals surface area contributed by atoms with E-state index in [0.717, 1.165) is 21.4 Å². The lowest BCUT2D eigenvalue weighted by molar-refractivity contribution is 0.102. The minimum Gasteiger partial charge on any atom is -0.323 e. The highest BCUT2D eigenvalue weighted by molar-refractivity contribution is 9.10. The first-order valence-corrected chi connectivity index (χ1v) is 8.13. The van der Waals surface area contributed by atoms with E-state index in [1.54, 1.807) is 0 Å². The van der Waals surface area contributed by atoms with Crippen molar-refractivity contribution in [2.75, 3.05) is 10.6 Å². The van der Waals surface area contributed by atoms with Crippen LogP contribution in [0.2, 0.25) is 0 Å². The van der Waals surface area contributed by atoms with Crippen molar-refractivity contribution < 1.29 is 4.79 Å². The Morgan fingerprint density at radius 2 is 1.58 bits per heavy atom. The highest BCUT2D eigenvalue weighted by Gasteiger charge is 2.09. The number of aryl methyl sites for hydroxylation is 1. The summed E-state index contributed by atoms with van der Waals surface area (Å²) in [6.07, 6.45) is 3.00. The number of anilines is 3. The number of nitrogens with one attached hydrogen (secondary N) is 2. The Morgan fingerprint density at radius 1 is 0.958 bits per heavy atom. The van der Waals surface area contributed by atoms with Gasteiger partial charge in [0.05, 0.1) is 11.3 Å². The van der Waals surface area contributed by atoms with Crippen LogP contribution in [-0.4, -0.2) is 15.9 Å². The molecule has 0 saturated carbocycles. The Balaban J connectivity index is 1.71. The number of carbonyl (C=O) groups is 1. The molecule has 3 rings (SSSR count). The van der Waals surface area contributed by atoms with Gasteiger partial charge in [0.2, 0.25) is 5.95 Å². The maximum atomic E-state index is 12.3. The molecule has 3 aromatic rings. The van der Waals surface area contributed by atoms with Crippen molar-refractivity contribution in [2.24, 2.45) is 0 Å². The van der Waals surface area contributed by atoms with Crippen LogP contribution in [0.25, 0.3) is 0 Å². The second-order valence-corrected chi connectivity index (χ2v) is 6.02. The molecular formula is C18H15BrN4O. The van der Waals surface area contributed by atoms with E-state index >= 15 is 0 Å². The van der Waals surface area contributed by atoms with Gasteiger partial charge in [-0.15, -0.1) is 0 Å². The van der Waals surface area contributed by atoms with Crippen molar-refractivity contribution in [1.29, 1.82) is 0 Å². The number of amides is 1. The standard InChI is InChI=1S/C18H15BrN4O/c1-12-6-2-4-8-15(12)22-17(24)13-10-20-18(21-11-13)23-16-9-5-3-7-14(16)19/h2-11H,1H3,(H,22,24)(H,20,21,23). The molecule has 0 bridgehead atoms. The van der Waals surface area contributed by atoms with Gasteiger partial charge in [0, 0.05) is 22.6 Å². The number of para-hydroxylation sites is 2. The Morgan fingerprint density at radius 3 is 2.25 bits per heavy atom. The van der Waals surface area contributed by atoms with Gasteiger partial charge in [-0.25, -0.2) is 9.97 Å². The second kappa shape index (κ2) is 7.23. The number of hydrogen-bond donors (Lipinski definition) is 2. The summed E-state index contributed by atoms with van der Waals surface area (Å²) in [6.45, 7) is 1.94. The smallest absolute Gasteiger partial charge is 0.258 e. The molecule has 0 aliphatic carbocycles. The lowest BCUT2D eigenvalue weighted by Crippen LogP contribution is -2.13. The van der Waals surface area contributed by atoms with Gasteiger partial charge >= 0.3 is 0 Å². The van der Waals surface area contributed by atoms with Crippen molar-refractivity contribution in [3.05, 3.63) is 76.5 Å². The molecule has 0 atom stereocenters. The minimum atomic E-state index is -0.239. The van der Waals surface area contributed by atoms with Crippen LogP contribution in [0.1, 0.15) is 15.9 Å². The van der Waals surface area contributed by atoms with Crippen LogP contribution >= 0.6 is 15.9 Å². The molecule has 120 valence electrons. The van der Waals surface area contributed by atoms with Crippen LogP contribution in [0.3, 0.4) is 0 Å². The van der Waals surface area contributed by atoms with Crippen molar-refractivity contribution in [2.45, 2.75) is 6.92 Å². The van der Waals surface area contributed by atoms with Gasteiger partial charge in [0.1, 0.15) is 0 Å². The first kappa shape index (κ1) is 16.1. The van der Waals surface area contributed by atoms with Crippen LogP contribution < -0.4 is 10.6 Å². The van der Waals surface area contributed by atoms with Gasteiger partial charge in [0.15, 0.2) is 0 Å². The van der Waals surface area contributed by atoms with Gasteiger partial charge < -0.3 is 10.6 Å². The molecule has 2 N–H and O–H groups in total. The molecule has 0 fully saturated rings. The zero-order valence-electron chi connectivity index (χ0n) is 13.0. The maximum Gasteiger partial charge on any atom is 0.258 e. The highest BCUT2D eigenvalue weighted by atomic mass is 79.9. The lowest BCUT2D eigenvalue weighted by Gasteiger charge is -2.09. The zero-order valence-corrected chi connectivity index (χ0v) is 14.5. The molecule has 5 nitrogen and oxygen atoms in total. The molecule has 0 radical (unpaired) electrons. The third-order valence-electron chi connectivity index (χ3n) is 3.43. The van der Waals surface area contributed by atoms with E-state index in [1.165, 1.54) is 12.4 Å². The number of aromatic nitrogens is 2. The van der Waals surface area contributed by atoms with Gasteiger partial charge in [0.25, 0.3) is 5.91 Å². The monoisotopic (exact) mass is 382 g/mol.